The summed E-state index contributed by atoms with van der Waals surface area (Å²) < 4.78 is 5.52. The Morgan fingerprint density at radius 2 is 2.24 bits per heavy atom. The summed E-state index contributed by atoms with van der Waals surface area (Å²) in [6, 6.07) is 7.67. The van der Waals surface area contributed by atoms with Crippen LogP contribution in [0.5, 0.6) is 0 Å². The molecule has 1 N–H and O–H groups in total. The van der Waals surface area contributed by atoms with Gasteiger partial charge in [-0.05, 0) is 43.4 Å². The van der Waals surface area contributed by atoms with Gasteiger partial charge in [0.25, 0.3) is 0 Å². The van der Waals surface area contributed by atoms with E-state index in [1.54, 1.807) is 7.11 Å². The molecule has 94 valence electrons. The van der Waals surface area contributed by atoms with E-state index >= 15 is 0 Å². The molecule has 1 fully saturated rings. The fourth-order valence-corrected chi connectivity index (χ4v) is 2.71. The van der Waals surface area contributed by atoms with Crippen molar-refractivity contribution in [3.05, 3.63) is 34.9 Å². The van der Waals surface area contributed by atoms with Gasteiger partial charge in [0, 0.05) is 18.6 Å². The fraction of sp³-hybridized carbons (Fsp3) is 0.571. The van der Waals surface area contributed by atoms with Gasteiger partial charge in [0.15, 0.2) is 0 Å². The molecule has 0 heterocycles. The molecule has 1 aliphatic rings. The van der Waals surface area contributed by atoms with Crippen LogP contribution in [0.15, 0.2) is 24.3 Å². The second-order valence-corrected chi connectivity index (χ2v) is 5.37. The van der Waals surface area contributed by atoms with Crippen molar-refractivity contribution in [2.45, 2.75) is 43.8 Å². The van der Waals surface area contributed by atoms with E-state index in [9.17, 15) is 5.11 Å². The molecule has 0 saturated heterocycles. The van der Waals surface area contributed by atoms with Gasteiger partial charge in [-0.3, -0.25) is 0 Å². The maximum absolute atomic E-state index is 10.1. The first kappa shape index (κ1) is 12.9. The summed E-state index contributed by atoms with van der Waals surface area (Å²) in [5.41, 5.74) is 1.01. The number of methoxy groups -OCH3 is 1. The van der Waals surface area contributed by atoms with Gasteiger partial charge in [0.05, 0.1) is 11.7 Å². The van der Waals surface area contributed by atoms with Gasteiger partial charge < -0.3 is 9.84 Å². The van der Waals surface area contributed by atoms with Gasteiger partial charge in [0.2, 0.25) is 0 Å². The number of benzene rings is 1. The summed E-state index contributed by atoms with van der Waals surface area (Å²) >= 11 is 5.92. The topological polar surface area (TPSA) is 29.5 Å². The lowest BCUT2D eigenvalue weighted by Crippen LogP contribution is -2.42. The molecule has 17 heavy (non-hydrogen) atoms. The largest absolute Gasteiger partial charge is 0.393 e. The minimum atomic E-state index is -0.353. The Hall–Kier alpha value is -0.570. The molecule has 0 radical (unpaired) electrons. The number of rotatable bonds is 5. The molecule has 0 amide bonds. The van der Waals surface area contributed by atoms with E-state index in [1.165, 1.54) is 6.42 Å². The van der Waals surface area contributed by atoms with Gasteiger partial charge in [-0.15, -0.1) is 0 Å². The van der Waals surface area contributed by atoms with E-state index in [0.717, 1.165) is 29.8 Å². The summed E-state index contributed by atoms with van der Waals surface area (Å²) in [6.07, 6.45) is 4.35. The molecule has 0 bridgehead atoms. The van der Waals surface area contributed by atoms with Crippen molar-refractivity contribution < 1.29 is 9.84 Å². The maximum atomic E-state index is 10.1. The van der Waals surface area contributed by atoms with Crippen LogP contribution >= 0.6 is 11.6 Å². The van der Waals surface area contributed by atoms with Crippen molar-refractivity contribution in [1.82, 2.24) is 0 Å². The summed E-state index contributed by atoms with van der Waals surface area (Å²) in [5.74, 6) is 0. The van der Waals surface area contributed by atoms with Gasteiger partial charge in [-0.2, -0.15) is 0 Å². The zero-order valence-corrected chi connectivity index (χ0v) is 10.9. The quantitative estimate of drug-likeness (QED) is 0.874. The first-order chi connectivity index (χ1) is 8.13. The van der Waals surface area contributed by atoms with Crippen molar-refractivity contribution in [2.75, 3.05) is 7.11 Å². The lowest BCUT2D eigenvalue weighted by Gasteiger charge is -2.41. The molecule has 1 atom stereocenters. The molecule has 0 spiro atoms. The Bertz CT molecular complexity index is 369. The van der Waals surface area contributed by atoms with Crippen LogP contribution in [-0.4, -0.2) is 23.9 Å². The molecule has 1 aliphatic carbocycles. The molecule has 0 aliphatic heterocycles. The van der Waals surface area contributed by atoms with Gasteiger partial charge >= 0.3 is 0 Å². The average molecular weight is 255 g/mol. The molecule has 2 nitrogen and oxygen atoms in total. The third-order valence-electron chi connectivity index (χ3n) is 3.67. The molecule has 1 aromatic carbocycles. The van der Waals surface area contributed by atoms with Crippen LogP contribution in [0.25, 0.3) is 0 Å². The predicted molar refractivity (Wildman–Crippen MR) is 69.4 cm³/mol. The lowest BCUT2D eigenvalue weighted by atomic mass is 9.75. The molecule has 1 saturated carbocycles. The Kier molecular flexibility index (Phi) is 4.08. The standard InChI is InChI=1S/C14H19ClO2/c1-17-14(6-3-7-14)10-13(16)9-11-4-2-5-12(15)8-11/h2,4-5,8,13,16H,3,6-7,9-10H2,1H3. The smallest absolute Gasteiger partial charge is 0.0703 e. The molecule has 1 aromatic rings. The van der Waals surface area contributed by atoms with Crippen LogP contribution in [0.1, 0.15) is 31.2 Å². The van der Waals surface area contributed by atoms with E-state index in [4.69, 9.17) is 16.3 Å². The van der Waals surface area contributed by atoms with Crippen molar-refractivity contribution in [3.8, 4) is 0 Å². The minimum Gasteiger partial charge on any atom is -0.393 e. The second-order valence-electron chi connectivity index (χ2n) is 4.93. The van der Waals surface area contributed by atoms with Crippen LogP contribution in [0.4, 0.5) is 0 Å². The summed E-state index contributed by atoms with van der Waals surface area (Å²) in [6.45, 7) is 0. The monoisotopic (exact) mass is 254 g/mol. The predicted octanol–water partition coefficient (Wildman–Crippen LogP) is 3.20. The molecular weight excluding hydrogens is 236 g/mol. The van der Waals surface area contributed by atoms with Crippen molar-refractivity contribution in [2.24, 2.45) is 0 Å². The molecular formula is C14H19ClO2. The molecule has 3 heteroatoms. The molecule has 0 aromatic heterocycles. The minimum absolute atomic E-state index is 0.0714. The van der Waals surface area contributed by atoms with Gasteiger partial charge in [-0.25, -0.2) is 0 Å². The third kappa shape index (κ3) is 3.21. The van der Waals surface area contributed by atoms with Crippen molar-refractivity contribution >= 4 is 11.6 Å². The van der Waals surface area contributed by atoms with E-state index in [2.05, 4.69) is 0 Å². The Morgan fingerprint density at radius 3 is 2.76 bits per heavy atom. The third-order valence-corrected chi connectivity index (χ3v) is 3.90. The fourth-order valence-electron chi connectivity index (χ4n) is 2.50. The lowest BCUT2D eigenvalue weighted by molar-refractivity contribution is -0.0989. The number of hydrogen-bond acceptors (Lipinski definition) is 2. The molecule has 2 rings (SSSR count). The van der Waals surface area contributed by atoms with E-state index in [1.807, 2.05) is 24.3 Å². The Morgan fingerprint density at radius 1 is 1.47 bits per heavy atom. The normalized spacial score (nSPS) is 19.7. The van der Waals surface area contributed by atoms with Crippen molar-refractivity contribution in [3.63, 3.8) is 0 Å². The SMILES string of the molecule is COC1(CC(O)Cc2cccc(Cl)c2)CCC1. The van der Waals surface area contributed by atoms with Crippen LogP contribution in [0, 0.1) is 0 Å². The van der Waals surface area contributed by atoms with Crippen LogP contribution in [-0.2, 0) is 11.2 Å². The highest BCUT2D eigenvalue weighted by molar-refractivity contribution is 6.30. The highest BCUT2D eigenvalue weighted by atomic mass is 35.5. The highest BCUT2D eigenvalue weighted by Crippen LogP contribution is 2.39. The summed E-state index contributed by atoms with van der Waals surface area (Å²) in [7, 11) is 1.74. The van der Waals surface area contributed by atoms with Crippen LogP contribution < -0.4 is 0 Å². The number of aliphatic hydroxyl groups excluding tert-OH is 1. The van der Waals surface area contributed by atoms with Crippen LogP contribution in [0.2, 0.25) is 5.02 Å². The first-order valence-electron chi connectivity index (χ1n) is 6.11. The van der Waals surface area contributed by atoms with Gasteiger partial charge in [0.1, 0.15) is 0 Å². The average Bonchev–Trinajstić information content (AvgIpc) is 2.23. The van der Waals surface area contributed by atoms with E-state index in [0.29, 0.717) is 6.42 Å². The van der Waals surface area contributed by atoms with Crippen molar-refractivity contribution in [1.29, 1.82) is 0 Å². The summed E-state index contributed by atoms with van der Waals surface area (Å²) in [4.78, 5) is 0. The number of ether oxygens (including phenoxy) is 1. The van der Waals surface area contributed by atoms with E-state index in [-0.39, 0.29) is 11.7 Å². The van der Waals surface area contributed by atoms with Crippen LogP contribution in [0.3, 0.4) is 0 Å². The zero-order chi connectivity index (χ0) is 12.3. The number of halogens is 1. The Labute approximate surface area is 108 Å². The molecule has 1 unspecified atom stereocenters. The van der Waals surface area contributed by atoms with Gasteiger partial charge in [-0.1, -0.05) is 23.7 Å². The first-order valence-corrected chi connectivity index (χ1v) is 6.49. The number of aliphatic hydroxyl groups is 1. The maximum Gasteiger partial charge on any atom is 0.0703 e. The highest BCUT2D eigenvalue weighted by Gasteiger charge is 2.38. The Balaban J connectivity index is 1.90. The zero-order valence-electron chi connectivity index (χ0n) is 10.2. The number of hydrogen-bond donors (Lipinski definition) is 1. The second kappa shape index (κ2) is 5.38. The van der Waals surface area contributed by atoms with E-state index < -0.39 is 0 Å². The summed E-state index contributed by atoms with van der Waals surface area (Å²) in [5, 5.41) is 10.8.